The van der Waals surface area contributed by atoms with E-state index in [1.165, 1.54) is 10.9 Å². The number of nitrogen functional groups attached to an aromatic ring is 1. The first-order chi connectivity index (χ1) is 12.9. The molecule has 27 heavy (non-hydrogen) atoms. The highest BCUT2D eigenvalue weighted by atomic mass is 32.2. The lowest BCUT2D eigenvalue weighted by Crippen LogP contribution is -2.32. The van der Waals surface area contributed by atoms with Gasteiger partial charge in [-0.1, -0.05) is 16.9 Å². The molecule has 0 aliphatic carbocycles. The highest BCUT2D eigenvalue weighted by Gasteiger charge is 2.45. The molecule has 0 amide bonds. The molecule has 0 radical (unpaired) electrons. The van der Waals surface area contributed by atoms with Gasteiger partial charge in [0.2, 0.25) is 0 Å². The number of imidazole rings is 1. The van der Waals surface area contributed by atoms with E-state index in [0.717, 1.165) is 11.8 Å². The van der Waals surface area contributed by atoms with E-state index in [0.29, 0.717) is 5.16 Å². The van der Waals surface area contributed by atoms with Gasteiger partial charge < -0.3 is 25.8 Å². The number of nitrogens with two attached hydrogens (primary N) is 1. The third kappa shape index (κ3) is 3.74. The van der Waals surface area contributed by atoms with E-state index in [-0.39, 0.29) is 35.7 Å². The van der Waals surface area contributed by atoms with Crippen LogP contribution in [0.15, 0.2) is 16.6 Å². The number of carboxylic acid groups (broad SMARTS) is 1. The predicted octanol–water partition coefficient (Wildman–Crippen LogP) is -0.0952. The maximum Gasteiger partial charge on any atom is 0.304 e. The van der Waals surface area contributed by atoms with Crippen molar-refractivity contribution in [3.8, 4) is 0 Å². The minimum Gasteiger partial charge on any atom is -0.481 e. The number of ether oxygens (including phenoxy) is 1. The molecule has 2 aromatic heterocycles. The Bertz CT molecular complexity index is 900. The largest absolute Gasteiger partial charge is 0.481 e. The van der Waals surface area contributed by atoms with Crippen LogP contribution in [0.1, 0.15) is 12.6 Å². The van der Waals surface area contributed by atoms with Gasteiger partial charge >= 0.3 is 5.97 Å². The number of hydrogen-bond acceptors (Lipinski definition) is 10. The van der Waals surface area contributed by atoms with E-state index < -0.39 is 30.5 Å². The molecule has 0 aromatic carbocycles. The van der Waals surface area contributed by atoms with Crippen LogP contribution in [0.4, 0.5) is 5.82 Å². The number of hydrogen-bond donors (Lipinski definition) is 4. The van der Waals surface area contributed by atoms with Crippen LogP contribution in [-0.2, 0) is 9.53 Å². The molecule has 5 N–H and O–H groups in total. The van der Waals surface area contributed by atoms with Crippen molar-refractivity contribution >= 4 is 34.7 Å². The number of carbonyl (C=O) groups is 1. The van der Waals surface area contributed by atoms with Crippen LogP contribution in [0, 0.1) is 0 Å². The van der Waals surface area contributed by atoms with Crippen molar-refractivity contribution in [2.45, 2.75) is 36.1 Å². The molecular formula is C13H16N8O5S. The number of thioether (sulfide) groups is 1. The smallest absolute Gasteiger partial charge is 0.304 e. The van der Waals surface area contributed by atoms with Gasteiger partial charge in [-0.15, -0.1) is 0 Å². The lowest BCUT2D eigenvalue weighted by atomic mass is 10.1. The molecule has 0 saturated carbocycles. The van der Waals surface area contributed by atoms with Crippen LogP contribution >= 0.6 is 11.8 Å². The monoisotopic (exact) mass is 396 g/mol. The van der Waals surface area contributed by atoms with Gasteiger partial charge in [0.1, 0.15) is 18.5 Å². The summed E-state index contributed by atoms with van der Waals surface area (Å²) in [5, 5.41) is 33.1. The number of aromatic nitrogens is 4. The summed E-state index contributed by atoms with van der Waals surface area (Å²) in [5.74, 6) is -0.650. The Labute approximate surface area is 155 Å². The van der Waals surface area contributed by atoms with Gasteiger partial charge in [-0.05, 0) is 5.53 Å². The molecular weight excluding hydrogens is 380 g/mol. The van der Waals surface area contributed by atoms with E-state index in [1.807, 2.05) is 0 Å². The number of anilines is 1. The van der Waals surface area contributed by atoms with Crippen molar-refractivity contribution in [3.63, 3.8) is 0 Å². The molecule has 0 bridgehead atoms. The lowest BCUT2D eigenvalue weighted by molar-refractivity contribution is -0.136. The predicted molar refractivity (Wildman–Crippen MR) is 92.6 cm³/mol. The second kappa shape index (κ2) is 7.94. The minimum atomic E-state index is -1.35. The van der Waals surface area contributed by atoms with E-state index in [4.69, 9.17) is 21.1 Å². The highest BCUT2D eigenvalue weighted by molar-refractivity contribution is 7.99. The van der Waals surface area contributed by atoms with E-state index in [9.17, 15) is 15.0 Å². The number of rotatable bonds is 7. The van der Waals surface area contributed by atoms with E-state index >= 15 is 0 Å². The van der Waals surface area contributed by atoms with Crippen molar-refractivity contribution < 1.29 is 24.9 Å². The first-order valence-corrected chi connectivity index (χ1v) is 8.78. The molecule has 1 aliphatic heterocycles. The van der Waals surface area contributed by atoms with E-state index in [2.05, 4.69) is 25.0 Å². The first-order valence-electron chi connectivity index (χ1n) is 7.79. The van der Waals surface area contributed by atoms with Crippen molar-refractivity contribution in [1.82, 2.24) is 19.5 Å². The summed E-state index contributed by atoms with van der Waals surface area (Å²) in [7, 11) is 0. The third-order valence-corrected chi connectivity index (χ3v) is 4.89. The van der Waals surface area contributed by atoms with Gasteiger partial charge in [-0.3, -0.25) is 9.36 Å². The minimum absolute atomic E-state index is 0.106. The second-order valence-corrected chi connectivity index (χ2v) is 6.71. The summed E-state index contributed by atoms with van der Waals surface area (Å²) in [6, 6.07) is 0. The number of fused-ring (bicyclic) bond motifs is 1. The zero-order valence-corrected chi connectivity index (χ0v) is 14.6. The van der Waals surface area contributed by atoms with Crippen molar-refractivity contribution in [1.29, 1.82) is 0 Å². The van der Waals surface area contributed by atoms with Crippen molar-refractivity contribution in [3.05, 3.63) is 16.8 Å². The number of nitrogens with zero attached hydrogens (tertiary/aromatic N) is 7. The Hall–Kier alpha value is -2.64. The van der Waals surface area contributed by atoms with Gasteiger partial charge in [-0.2, -0.15) is 0 Å². The number of aliphatic hydroxyl groups excluding tert-OH is 2. The molecule has 0 unspecified atom stereocenters. The lowest BCUT2D eigenvalue weighted by Gasteiger charge is -2.19. The van der Waals surface area contributed by atoms with Crippen LogP contribution in [0.25, 0.3) is 21.6 Å². The Morgan fingerprint density at radius 2 is 2.22 bits per heavy atom. The zero-order valence-electron chi connectivity index (χ0n) is 13.8. The Morgan fingerprint density at radius 1 is 1.44 bits per heavy atom. The maximum atomic E-state index is 10.8. The molecule has 4 atom stereocenters. The number of carboxylic acids is 1. The fraction of sp³-hybridized carbons (Fsp3) is 0.538. The fourth-order valence-electron chi connectivity index (χ4n) is 2.68. The van der Waals surface area contributed by atoms with Gasteiger partial charge in [0, 0.05) is 10.7 Å². The molecule has 1 aliphatic rings. The summed E-state index contributed by atoms with van der Waals surface area (Å²) in [5.41, 5.74) is 14.8. The Morgan fingerprint density at radius 3 is 2.93 bits per heavy atom. The third-order valence-electron chi connectivity index (χ3n) is 3.94. The standard InChI is InChI=1S/C13H16N8O5S/c14-10-7-11(17-4-16-10)21(13(19-7)27-2-1-6(22)23)12-9(25)8(24)5(26-12)3-18-20-15/h4-5,8-9,12,24-25H,1-3H2,(H,22,23)(H2,14,16,17)/t5-,8-,9-,12-/m1/s1. The van der Waals surface area contributed by atoms with Crippen LogP contribution < -0.4 is 5.73 Å². The molecule has 3 rings (SSSR count). The fourth-order valence-corrected chi connectivity index (χ4v) is 3.62. The summed E-state index contributed by atoms with van der Waals surface area (Å²) >= 11 is 1.11. The molecule has 14 heteroatoms. The van der Waals surface area contributed by atoms with Crippen LogP contribution in [0.3, 0.4) is 0 Å². The first kappa shape index (κ1) is 19.1. The molecule has 0 spiro atoms. The molecule has 2 aromatic rings. The summed E-state index contributed by atoms with van der Waals surface area (Å²) in [6.45, 7) is -0.170. The zero-order chi connectivity index (χ0) is 19.6. The number of azide groups is 1. The molecule has 1 saturated heterocycles. The van der Waals surface area contributed by atoms with Crippen LogP contribution in [0.2, 0.25) is 0 Å². The topological polar surface area (TPSA) is 205 Å². The van der Waals surface area contributed by atoms with Crippen LogP contribution in [-0.4, -0.2) is 71.4 Å². The van der Waals surface area contributed by atoms with Gasteiger partial charge in [0.25, 0.3) is 0 Å². The number of aliphatic hydroxyl groups is 2. The average molecular weight is 396 g/mol. The van der Waals surface area contributed by atoms with Crippen LogP contribution in [0.5, 0.6) is 0 Å². The Balaban J connectivity index is 1.99. The second-order valence-electron chi connectivity index (χ2n) is 5.65. The summed E-state index contributed by atoms with van der Waals surface area (Å²) in [4.78, 5) is 25.7. The summed E-state index contributed by atoms with van der Waals surface area (Å²) in [6.07, 6.45) is -3.53. The molecule has 3 heterocycles. The maximum absolute atomic E-state index is 10.8. The quantitative estimate of drug-likeness (QED) is 0.211. The molecule has 1 fully saturated rings. The Kier molecular flexibility index (Phi) is 5.62. The van der Waals surface area contributed by atoms with E-state index in [1.54, 1.807) is 0 Å². The average Bonchev–Trinajstić information content (AvgIpc) is 3.12. The van der Waals surface area contributed by atoms with Gasteiger partial charge in [-0.25, -0.2) is 15.0 Å². The SMILES string of the molecule is [N-]=[N+]=NC[C@H]1O[C@@H](n2c(SCCC(=O)O)nc3c(N)ncnc32)[C@H](O)[C@@H]1O. The highest BCUT2D eigenvalue weighted by Crippen LogP contribution is 2.36. The number of aliphatic carboxylic acids is 1. The molecule has 13 nitrogen and oxygen atoms in total. The van der Waals surface area contributed by atoms with Gasteiger partial charge in [0.05, 0.1) is 19.1 Å². The van der Waals surface area contributed by atoms with Gasteiger partial charge in [0.15, 0.2) is 28.4 Å². The van der Waals surface area contributed by atoms with Crippen molar-refractivity contribution in [2.75, 3.05) is 18.0 Å². The molecule has 144 valence electrons. The van der Waals surface area contributed by atoms with Crippen molar-refractivity contribution in [2.24, 2.45) is 5.11 Å². The summed E-state index contributed by atoms with van der Waals surface area (Å²) < 4.78 is 7.11. The normalized spacial score (nSPS) is 24.8.